The van der Waals surface area contributed by atoms with Crippen LogP contribution in [0.15, 0.2) is 78.9 Å². The number of hydrogen-bond donors (Lipinski definition) is 2. The van der Waals surface area contributed by atoms with Crippen molar-refractivity contribution in [3.8, 4) is 22.8 Å². The van der Waals surface area contributed by atoms with Gasteiger partial charge in [-0.3, -0.25) is 14.6 Å². The number of imidazole rings is 1. The van der Waals surface area contributed by atoms with Crippen LogP contribution in [-0.2, 0) is 4.79 Å². The molecule has 0 saturated carbocycles. The fraction of sp³-hybridized carbons (Fsp3) is 0.0435. The highest BCUT2D eigenvalue weighted by Gasteiger charge is 2.14. The molecule has 6 nitrogen and oxygen atoms in total. The van der Waals surface area contributed by atoms with E-state index in [1.807, 2.05) is 72.8 Å². The molecule has 0 aliphatic heterocycles. The van der Waals surface area contributed by atoms with Crippen molar-refractivity contribution in [1.82, 2.24) is 15.0 Å². The van der Waals surface area contributed by atoms with Crippen molar-refractivity contribution in [2.24, 2.45) is 0 Å². The van der Waals surface area contributed by atoms with Gasteiger partial charge in [0.1, 0.15) is 11.6 Å². The van der Waals surface area contributed by atoms with Crippen molar-refractivity contribution in [3.63, 3.8) is 0 Å². The first-order chi connectivity index (χ1) is 14.2. The Labute approximate surface area is 167 Å². The van der Waals surface area contributed by atoms with Gasteiger partial charge >= 0.3 is 0 Å². The van der Waals surface area contributed by atoms with Crippen LogP contribution in [0, 0.1) is 0 Å². The molecule has 0 radical (unpaired) electrons. The summed E-state index contributed by atoms with van der Waals surface area (Å²) in [6.07, 6.45) is 2.90. The van der Waals surface area contributed by atoms with Crippen molar-refractivity contribution in [2.45, 2.75) is 0 Å². The fourth-order valence-electron chi connectivity index (χ4n) is 3.20. The molecular formula is C23H19N3O3. The summed E-state index contributed by atoms with van der Waals surface area (Å²) in [4.78, 5) is 16.1. The number of hydroxylamine groups is 1. The molecule has 1 amide bonds. The average Bonchev–Trinajstić information content (AvgIpc) is 3.17. The number of aromatic nitrogens is 2. The fourth-order valence-corrected chi connectivity index (χ4v) is 3.20. The maximum atomic E-state index is 11.3. The van der Waals surface area contributed by atoms with Crippen LogP contribution < -0.4 is 10.2 Å². The number of rotatable bonds is 5. The Bertz CT molecular complexity index is 1190. The third kappa shape index (κ3) is 3.74. The Morgan fingerprint density at radius 1 is 1.07 bits per heavy atom. The Morgan fingerprint density at radius 3 is 2.62 bits per heavy atom. The van der Waals surface area contributed by atoms with Gasteiger partial charge in [-0.05, 0) is 54.1 Å². The minimum absolute atomic E-state index is 0.583. The molecule has 1 aromatic heterocycles. The van der Waals surface area contributed by atoms with Crippen LogP contribution in [0.3, 0.4) is 0 Å². The first kappa shape index (κ1) is 18.5. The maximum absolute atomic E-state index is 11.3. The van der Waals surface area contributed by atoms with E-state index in [2.05, 4.69) is 4.57 Å². The molecule has 0 aliphatic carbocycles. The number of amides is 1. The van der Waals surface area contributed by atoms with Gasteiger partial charge in [0.2, 0.25) is 0 Å². The van der Waals surface area contributed by atoms with E-state index in [0.717, 1.165) is 39.4 Å². The molecule has 3 aromatic carbocycles. The number of carbonyl (C=O) groups is 1. The van der Waals surface area contributed by atoms with Crippen molar-refractivity contribution in [3.05, 3.63) is 84.4 Å². The molecule has 0 aliphatic rings. The molecule has 29 heavy (non-hydrogen) atoms. The zero-order valence-electron chi connectivity index (χ0n) is 15.7. The molecule has 0 saturated heterocycles. The summed E-state index contributed by atoms with van der Waals surface area (Å²) >= 11 is 0. The summed E-state index contributed by atoms with van der Waals surface area (Å²) in [6, 6.07) is 23.5. The zero-order chi connectivity index (χ0) is 20.2. The van der Waals surface area contributed by atoms with Gasteiger partial charge in [0.05, 0.1) is 18.1 Å². The third-order valence-electron chi connectivity index (χ3n) is 4.57. The predicted molar refractivity (Wildman–Crippen MR) is 112 cm³/mol. The van der Waals surface area contributed by atoms with Crippen molar-refractivity contribution in [2.75, 3.05) is 7.11 Å². The minimum Gasteiger partial charge on any atom is -0.497 e. The van der Waals surface area contributed by atoms with Gasteiger partial charge in [-0.25, -0.2) is 10.5 Å². The molecule has 2 N–H and O–H groups in total. The van der Waals surface area contributed by atoms with Crippen molar-refractivity contribution < 1.29 is 14.7 Å². The molecular weight excluding hydrogens is 366 g/mol. The minimum atomic E-state index is -0.583. The van der Waals surface area contributed by atoms with E-state index in [4.69, 9.17) is 14.9 Å². The number of nitrogens with zero attached hydrogens (tertiary/aromatic N) is 2. The molecule has 4 aromatic rings. The summed E-state index contributed by atoms with van der Waals surface area (Å²) in [5.74, 6) is 0.994. The van der Waals surface area contributed by atoms with Crippen LogP contribution in [0.1, 0.15) is 5.56 Å². The molecule has 144 valence electrons. The van der Waals surface area contributed by atoms with Crippen LogP contribution in [-0.4, -0.2) is 27.8 Å². The highest BCUT2D eigenvalue weighted by atomic mass is 16.5. The molecule has 1 heterocycles. The number of para-hydroxylation sites is 2. The molecule has 6 heteroatoms. The lowest BCUT2D eigenvalue weighted by Gasteiger charge is -2.11. The molecule has 0 spiro atoms. The van der Waals surface area contributed by atoms with E-state index >= 15 is 0 Å². The topological polar surface area (TPSA) is 76.4 Å². The normalized spacial score (nSPS) is 11.1. The summed E-state index contributed by atoms with van der Waals surface area (Å²) in [5.41, 5.74) is 6.16. The molecule has 0 atom stereocenters. The second kappa shape index (κ2) is 8.00. The van der Waals surface area contributed by atoms with Gasteiger partial charge in [-0.1, -0.05) is 30.3 Å². The maximum Gasteiger partial charge on any atom is 0.267 e. The van der Waals surface area contributed by atoms with E-state index in [9.17, 15) is 4.79 Å². The number of hydrogen-bond acceptors (Lipinski definition) is 4. The second-order valence-corrected chi connectivity index (χ2v) is 6.39. The highest BCUT2D eigenvalue weighted by molar-refractivity contribution is 5.91. The Balaban J connectivity index is 1.86. The lowest BCUT2D eigenvalue weighted by molar-refractivity contribution is -0.124. The highest BCUT2D eigenvalue weighted by Crippen LogP contribution is 2.30. The summed E-state index contributed by atoms with van der Waals surface area (Å²) < 4.78 is 7.37. The number of ether oxygens (including phenoxy) is 1. The number of fused-ring (bicyclic) bond motifs is 1. The monoisotopic (exact) mass is 385 g/mol. The standard InChI is InChI=1S/C23H19N3O3/c1-29-19-12-10-18(11-13-19)26-21-8-3-2-7-20(21)24-23(26)17-6-4-5-16(15-17)9-14-22(27)25-28/h2-15,28H,1H3,(H,25,27)/b14-9+. The van der Waals surface area contributed by atoms with Crippen LogP contribution in [0.5, 0.6) is 5.75 Å². The lowest BCUT2D eigenvalue weighted by atomic mass is 10.1. The largest absolute Gasteiger partial charge is 0.497 e. The van der Waals surface area contributed by atoms with Crippen LogP contribution >= 0.6 is 0 Å². The van der Waals surface area contributed by atoms with Gasteiger partial charge < -0.3 is 4.74 Å². The Kier molecular flexibility index (Phi) is 5.09. The quantitative estimate of drug-likeness (QED) is 0.306. The van der Waals surface area contributed by atoms with E-state index in [1.54, 1.807) is 18.7 Å². The first-order valence-corrected chi connectivity index (χ1v) is 9.04. The summed E-state index contributed by atoms with van der Waals surface area (Å²) in [7, 11) is 1.64. The number of benzene rings is 3. The van der Waals surface area contributed by atoms with Crippen LogP contribution in [0.2, 0.25) is 0 Å². The summed E-state index contributed by atoms with van der Waals surface area (Å²) in [6.45, 7) is 0. The zero-order valence-corrected chi connectivity index (χ0v) is 15.7. The van der Waals surface area contributed by atoms with Crippen molar-refractivity contribution in [1.29, 1.82) is 0 Å². The molecule has 4 rings (SSSR count). The van der Waals surface area contributed by atoms with Gasteiger partial charge in [0.25, 0.3) is 5.91 Å². The number of carbonyl (C=O) groups excluding carboxylic acids is 1. The lowest BCUT2D eigenvalue weighted by Crippen LogP contribution is -2.14. The van der Waals surface area contributed by atoms with E-state index in [0.29, 0.717) is 0 Å². The van der Waals surface area contributed by atoms with Crippen LogP contribution in [0.4, 0.5) is 0 Å². The van der Waals surface area contributed by atoms with Gasteiger partial charge in [-0.2, -0.15) is 0 Å². The average molecular weight is 385 g/mol. The molecule has 0 bridgehead atoms. The van der Waals surface area contributed by atoms with E-state index in [1.165, 1.54) is 6.08 Å². The Morgan fingerprint density at radius 2 is 1.86 bits per heavy atom. The van der Waals surface area contributed by atoms with Crippen molar-refractivity contribution >= 4 is 23.0 Å². The van der Waals surface area contributed by atoms with Gasteiger partial charge in [-0.15, -0.1) is 0 Å². The smallest absolute Gasteiger partial charge is 0.267 e. The molecule has 0 unspecified atom stereocenters. The number of nitrogens with one attached hydrogen (secondary N) is 1. The second-order valence-electron chi connectivity index (χ2n) is 6.39. The third-order valence-corrected chi connectivity index (χ3v) is 4.57. The first-order valence-electron chi connectivity index (χ1n) is 9.04. The van der Waals surface area contributed by atoms with E-state index < -0.39 is 5.91 Å². The Hall–Kier alpha value is -3.90. The van der Waals surface area contributed by atoms with Gasteiger partial charge in [0, 0.05) is 17.3 Å². The number of methoxy groups -OCH3 is 1. The SMILES string of the molecule is COc1ccc(-n2c(-c3cccc(/C=C/C(=O)NO)c3)nc3ccccc32)cc1. The molecule has 0 fully saturated rings. The summed E-state index contributed by atoms with van der Waals surface area (Å²) in [5, 5.41) is 8.65. The van der Waals surface area contributed by atoms with E-state index in [-0.39, 0.29) is 0 Å². The van der Waals surface area contributed by atoms with Crippen LogP contribution in [0.25, 0.3) is 34.2 Å². The predicted octanol–water partition coefficient (Wildman–Crippen LogP) is 4.22. The van der Waals surface area contributed by atoms with Gasteiger partial charge in [0.15, 0.2) is 0 Å².